The van der Waals surface area contributed by atoms with E-state index < -0.39 is 0 Å². The monoisotopic (exact) mass is 280 g/mol. The number of Topliss-reactive ketones (excluding diaryl/α,β-unsaturated/α-hetero) is 1. The summed E-state index contributed by atoms with van der Waals surface area (Å²) in [5.74, 6) is 0.160. The fourth-order valence-corrected chi connectivity index (χ4v) is 2.70. The van der Waals surface area contributed by atoms with Gasteiger partial charge in [0.2, 0.25) is 0 Å². The van der Waals surface area contributed by atoms with Gasteiger partial charge in [-0.2, -0.15) is 5.10 Å². The van der Waals surface area contributed by atoms with Crippen LogP contribution in [0.15, 0.2) is 24.4 Å². The van der Waals surface area contributed by atoms with Gasteiger partial charge in [-0.25, -0.2) is 0 Å². The van der Waals surface area contributed by atoms with Crippen molar-refractivity contribution in [1.82, 2.24) is 9.78 Å². The molecule has 92 valence electrons. The van der Waals surface area contributed by atoms with Crippen molar-refractivity contribution in [2.45, 2.75) is 19.4 Å². The number of rotatable bonds is 2. The van der Waals surface area contributed by atoms with Crippen LogP contribution in [-0.2, 0) is 13.0 Å². The number of halogens is 2. The van der Waals surface area contributed by atoms with E-state index in [0.29, 0.717) is 23.0 Å². The minimum atomic E-state index is 0.160. The van der Waals surface area contributed by atoms with Crippen LogP contribution in [0.1, 0.15) is 28.0 Å². The summed E-state index contributed by atoms with van der Waals surface area (Å²) in [5.41, 5.74) is 2.66. The zero-order valence-corrected chi connectivity index (χ0v) is 11.0. The van der Waals surface area contributed by atoms with E-state index >= 15 is 0 Å². The molecule has 3 rings (SSSR count). The summed E-state index contributed by atoms with van der Waals surface area (Å²) in [6, 6.07) is 5.34. The molecule has 0 unspecified atom stereocenters. The maximum absolute atomic E-state index is 11.8. The Bertz CT molecular complexity index is 634. The number of aryl methyl sites for hydroxylation is 1. The maximum atomic E-state index is 11.8. The van der Waals surface area contributed by atoms with Gasteiger partial charge in [0, 0.05) is 22.0 Å². The molecular weight excluding hydrogens is 271 g/mol. The second-order valence-electron chi connectivity index (χ2n) is 4.33. The van der Waals surface area contributed by atoms with Crippen molar-refractivity contribution in [3.05, 3.63) is 51.3 Å². The average Bonchev–Trinajstić information content (AvgIpc) is 2.88. The van der Waals surface area contributed by atoms with Crippen LogP contribution < -0.4 is 0 Å². The van der Waals surface area contributed by atoms with Gasteiger partial charge in [0.05, 0.1) is 12.7 Å². The summed E-state index contributed by atoms with van der Waals surface area (Å²) in [6.07, 6.45) is 3.15. The van der Waals surface area contributed by atoms with Gasteiger partial charge < -0.3 is 0 Å². The van der Waals surface area contributed by atoms with Crippen LogP contribution in [0, 0.1) is 0 Å². The highest BCUT2D eigenvalue weighted by Crippen LogP contribution is 2.25. The number of ketones is 1. The molecule has 0 amide bonds. The van der Waals surface area contributed by atoms with Crippen LogP contribution in [0.4, 0.5) is 0 Å². The molecule has 0 N–H and O–H groups in total. The minimum absolute atomic E-state index is 0.160. The van der Waals surface area contributed by atoms with Crippen LogP contribution in [-0.4, -0.2) is 15.6 Å². The lowest BCUT2D eigenvalue weighted by atomic mass is 10.2. The molecule has 0 radical (unpaired) electrons. The zero-order chi connectivity index (χ0) is 12.7. The quantitative estimate of drug-likeness (QED) is 0.846. The summed E-state index contributed by atoms with van der Waals surface area (Å²) >= 11 is 12.0. The Kier molecular flexibility index (Phi) is 2.88. The highest BCUT2D eigenvalue weighted by atomic mass is 35.5. The Labute approximate surface area is 114 Å². The Morgan fingerprint density at radius 1 is 1.28 bits per heavy atom. The van der Waals surface area contributed by atoms with Crippen molar-refractivity contribution in [3.63, 3.8) is 0 Å². The fourth-order valence-electron chi connectivity index (χ4n) is 2.23. The summed E-state index contributed by atoms with van der Waals surface area (Å²) in [7, 11) is 0. The highest BCUT2D eigenvalue weighted by molar-refractivity contribution is 6.35. The summed E-state index contributed by atoms with van der Waals surface area (Å²) in [5, 5.41) is 5.45. The van der Waals surface area contributed by atoms with E-state index in [0.717, 1.165) is 23.2 Å². The molecule has 1 heterocycles. The summed E-state index contributed by atoms with van der Waals surface area (Å²) < 4.78 is 1.72. The third kappa shape index (κ3) is 1.93. The van der Waals surface area contributed by atoms with E-state index in [9.17, 15) is 4.79 Å². The Balaban J connectivity index is 1.96. The molecule has 0 saturated heterocycles. The summed E-state index contributed by atoms with van der Waals surface area (Å²) in [6.45, 7) is 0.497. The first-order valence-corrected chi connectivity index (χ1v) is 6.42. The molecule has 0 spiro atoms. The van der Waals surface area contributed by atoms with Crippen molar-refractivity contribution in [1.29, 1.82) is 0 Å². The molecule has 2 aromatic rings. The number of aromatic nitrogens is 2. The van der Waals surface area contributed by atoms with Crippen LogP contribution in [0.25, 0.3) is 0 Å². The normalized spacial score (nSPS) is 14.0. The fraction of sp³-hybridized carbons (Fsp3) is 0.231. The van der Waals surface area contributed by atoms with E-state index in [2.05, 4.69) is 5.10 Å². The molecule has 0 bridgehead atoms. The lowest BCUT2D eigenvalue weighted by molar-refractivity contribution is 0.0985. The number of carbonyl (C=O) groups is 1. The SMILES string of the molecule is O=C1CCc2cnn(Cc3ccc(Cl)cc3Cl)c21. The minimum Gasteiger partial charge on any atom is -0.292 e. The van der Waals surface area contributed by atoms with Crippen LogP contribution in [0.2, 0.25) is 10.0 Å². The average molecular weight is 281 g/mol. The van der Waals surface area contributed by atoms with Gasteiger partial charge in [-0.1, -0.05) is 29.3 Å². The Hall–Kier alpha value is -1.32. The number of fused-ring (bicyclic) bond motifs is 1. The molecule has 5 heteroatoms. The first-order valence-electron chi connectivity index (χ1n) is 5.67. The van der Waals surface area contributed by atoms with Gasteiger partial charge in [-0.05, 0) is 24.1 Å². The third-order valence-corrected chi connectivity index (χ3v) is 3.72. The van der Waals surface area contributed by atoms with E-state index in [1.807, 2.05) is 6.07 Å². The van der Waals surface area contributed by atoms with E-state index in [4.69, 9.17) is 23.2 Å². The number of benzene rings is 1. The molecule has 1 aromatic carbocycles. The van der Waals surface area contributed by atoms with Crippen LogP contribution >= 0.6 is 23.2 Å². The lowest BCUT2D eigenvalue weighted by Crippen LogP contribution is -2.09. The van der Waals surface area contributed by atoms with Crippen LogP contribution in [0.3, 0.4) is 0 Å². The van der Waals surface area contributed by atoms with Crippen molar-refractivity contribution >= 4 is 29.0 Å². The second kappa shape index (κ2) is 4.41. The van der Waals surface area contributed by atoms with Gasteiger partial charge in [0.15, 0.2) is 5.78 Å². The molecule has 0 saturated carbocycles. The molecule has 0 aliphatic heterocycles. The van der Waals surface area contributed by atoms with Gasteiger partial charge >= 0.3 is 0 Å². The smallest absolute Gasteiger partial charge is 0.181 e. The molecule has 0 atom stereocenters. The molecule has 1 aliphatic rings. The first kappa shape index (κ1) is 11.8. The van der Waals surface area contributed by atoms with Crippen molar-refractivity contribution < 1.29 is 4.79 Å². The zero-order valence-electron chi connectivity index (χ0n) is 9.49. The standard InChI is InChI=1S/C13H10Cl2N2O/c14-10-3-1-9(11(15)5-10)7-17-13-8(6-16-17)2-4-12(13)18/h1,3,5-6H,2,4,7H2. The largest absolute Gasteiger partial charge is 0.292 e. The first-order chi connectivity index (χ1) is 8.65. The van der Waals surface area contributed by atoms with Gasteiger partial charge in [0.1, 0.15) is 5.69 Å². The number of hydrogen-bond acceptors (Lipinski definition) is 2. The Morgan fingerprint density at radius 2 is 2.11 bits per heavy atom. The molecule has 18 heavy (non-hydrogen) atoms. The van der Waals surface area contributed by atoms with E-state index in [-0.39, 0.29) is 5.78 Å². The molecule has 0 fully saturated rings. The van der Waals surface area contributed by atoms with Gasteiger partial charge in [-0.3, -0.25) is 9.48 Å². The molecular formula is C13H10Cl2N2O. The van der Waals surface area contributed by atoms with Crippen LogP contribution in [0.5, 0.6) is 0 Å². The second-order valence-corrected chi connectivity index (χ2v) is 5.18. The van der Waals surface area contributed by atoms with E-state index in [1.165, 1.54) is 0 Å². The van der Waals surface area contributed by atoms with Crippen molar-refractivity contribution in [3.8, 4) is 0 Å². The lowest BCUT2D eigenvalue weighted by Gasteiger charge is -2.07. The molecule has 1 aliphatic carbocycles. The maximum Gasteiger partial charge on any atom is 0.181 e. The van der Waals surface area contributed by atoms with Gasteiger partial charge in [0.25, 0.3) is 0 Å². The molecule has 1 aromatic heterocycles. The number of hydrogen-bond donors (Lipinski definition) is 0. The van der Waals surface area contributed by atoms with Crippen molar-refractivity contribution in [2.75, 3.05) is 0 Å². The topological polar surface area (TPSA) is 34.9 Å². The Morgan fingerprint density at radius 3 is 2.89 bits per heavy atom. The number of carbonyl (C=O) groups excluding carboxylic acids is 1. The van der Waals surface area contributed by atoms with E-state index in [1.54, 1.807) is 23.0 Å². The van der Waals surface area contributed by atoms with Crippen molar-refractivity contribution in [2.24, 2.45) is 0 Å². The summed E-state index contributed by atoms with van der Waals surface area (Å²) in [4.78, 5) is 11.8. The predicted octanol–water partition coefficient (Wildman–Crippen LogP) is 3.37. The van der Waals surface area contributed by atoms with Gasteiger partial charge in [-0.15, -0.1) is 0 Å². The predicted molar refractivity (Wildman–Crippen MR) is 70.4 cm³/mol. The molecule has 3 nitrogen and oxygen atoms in total. The highest BCUT2D eigenvalue weighted by Gasteiger charge is 2.24. The third-order valence-electron chi connectivity index (χ3n) is 3.14. The number of nitrogens with zero attached hydrogens (tertiary/aromatic N) is 2.